The monoisotopic (exact) mass is 355 g/mol. The Hall–Kier alpha value is -0.110. The molecule has 2 amide bonds. The first-order valence-electron chi connectivity index (χ1n) is 5.22. The van der Waals surface area contributed by atoms with Crippen LogP contribution in [0.25, 0.3) is 0 Å². The van der Waals surface area contributed by atoms with E-state index in [-0.39, 0.29) is 20.9 Å². The fourth-order valence-corrected chi connectivity index (χ4v) is 2.47. The Morgan fingerprint density at radius 2 is 2.06 bits per heavy atom. The van der Waals surface area contributed by atoms with Crippen LogP contribution < -0.4 is 0 Å². The highest BCUT2D eigenvalue weighted by Crippen LogP contribution is 2.20. The summed E-state index contributed by atoms with van der Waals surface area (Å²) in [4.78, 5) is 34.8. The number of unbranched alkanes of at least 4 members (excludes halogenated alkanes) is 2. The summed E-state index contributed by atoms with van der Waals surface area (Å²) in [6.45, 7) is 0.484. The van der Waals surface area contributed by atoms with Crippen LogP contribution in [0.1, 0.15) is 32.1 Å². The van der Waals surface area contributed by atoms with Gasteiger partial charge in [0.15, 0.2) is 5.12 Å². The molecule has 1 atom stereocenters. The van der Waals surface area contributed by atoms with E-state index in [2.05, 4.69) is 12.6 Å². The van der Waals surface area contributed by atoms with Crippen molar-refractivity contribution in [3.63, 3.8) is 0 Å². The van der Waals surface area contributed by atoms with E-state index in [0.717, 1.165) is 19.3 Å². The molecule has 6 heteroatoms. The molecule has 16 heavy (non-hydrogen) atoms. The van der Waals surface area contributed by atoms with E-state index >= 15 is 0 Å². The number of alkyl halides is 1. The van der Waals surface area contributed by atoms with Gasteiger partial charge in [0.05, 0.1) is 3.92 Å². The molecule has 0 saturated carbocycles. The zero-order valence-corrected chi connectivity index (χ0v) is 11.9. The minimum atomic E-state index is -0.191. The number of carbonyl (C=O) groups excluding carboxylic acids is 3. The van der Waals surface area contributed by atoms with Crippen LogP contribution >= 0.6 is 35.2 Å². The molecule has 1 saturated heterocycles. The van der Waals surface area contributed by atoms with Crippen LogP contribution in [0, 0.1) is 0 Å². The van der Waals surface area contributed by atoms with Gasteiger partial charge in [-0.1, -0.05) is 29.0 Å². The number of nitrogens with zero attached hydrogens (tertiary/aromatic N) is 1. The molecule has 0 radical (unpaired) electrons. The summed E-state index contributed by atoms with van der Waals surface area (Å²) in [5.41, 5.74) is 0. The standard InChI is InChI=1S/C10H14INO3S/c11-7-6-8(13)12(10(7)15)5-3-1-2-4-9(14)16/h7H,1-6H2,(H,14,16). The second-order valence-corrected chi connectivity index (χ2v) is 5.76. The van der Waals surface area contributed by atoms with Crippen LogP contribution in [0.4, 0.5) is 0 Å². The van der Waals surface area contributed by atoms with E-state index in [9.17, 15) is 14.4 Å². The maximum Gasteiger partial charge on any atom is 0.242 e. The highest BCUT2D eigenvalue weighted by atomic mass is 127. The molecule has 0 N–H and O–H groups in total. The van der Waals surface area contributed by atoms with Gasteiger partial charge in [-0.15, -0.1) is 12.6 Å². The van der Waals surface area contributed by atoms with Crippen molar-refractivity contribution >= 4 is 52.1 Å². The van der Waals surface area contributed by atoms with Crippen molar-refractivity contribution in [3.8, 4) is 0 Å². The number of carbonyl (C=O) groups is 3. The van der Waals surface area contributed by atoms with Gasteiger partial charge in [0.25, 0.3) is 0 Å². The number of hydrogen-bond acceptors (Lipinski definition) is 3. The number of thiol groups is 1. The summed E-state index contributed by atoms with van der Waals surface area (Å²) >= 11 is 5.67. The first kappa shape index (κ1) is 14.0. The summed E-state index contributed by atoms with van der Waals surface area (Å²) in [5.74, 6) is -0.148. The lowest BCUT2D eigenvalue weighted by Crippen LogP contribution is -2.31. The van der Waals surface area contributed by atoms with Gasteiger partial charge in [-0.05, 0) is 12.8 Å². The average Bonchev–Trinajstić information content (AvgIpc) is 2.43. The first-order valence-corrected chi connectivity index (χ1v) is 6.91. The van der Waals surface area contributed by atoms with Crippen molar-refractivity contribution in [3.05, 3.63) is 0 Å². The average molecular weight is 355 g/mol. The fraction of sp³-hybridized carbons (Fsp3) is 0.700. The zero-order chi connectivity index (χ0) is 12.1. The minimum absolute atomic E-state index is 0.0733. The van der Waals surface area contributed by atoms with E-state index in [1.165, 1.54) is 4.90 Å². The summed E-state index contributed by atoms with van der Waals surface area (Å²) in [6.07, 6.45) is 3.16. The van der Waals surface area contributed by atoms with Crippen LogP contribution in [0.2, 0.25) is 0 Å². The molecule has 0 aromatic heterocycles. The predicted molar refractivity (Wildman–Crippen MR) is 71.6 cm³/mol. The van der Waals surface area contributed by atoms with Gasteiger partial charge in [0.1, 0.15) is 0 Å². The van der Waals surface area contributed by atoms with Crippen LogP contribution in [-0.2, 0) is 14.4 Å². The largest absolute Gasteiger partial charge is 0.288 e. The van der Waals surface area contributed by atoms with Crippen molar-refractivity contribution in [1.82, 2.24) is 4.90 Å². The maximum atomic E-state index is 11.5. The molecule has 4 nitrogen and oxygen atoms in total. The normalized spacial score (nSPS) is 20.6. The van der Waals surface area contributed by atoms with Crippen molar-refractivity contribution in [2.24, 2.45) is 0 Å². The third-order valence-electron chi connectivity index (χ3n) is 2.46. The van der Waals surface area contributed by atoms with E-state index < -0.39 is 0 Å². The van der Waals surface area contributed by atoms with Crippen LogP contribution in [0.3, 0.4) is 0 Å². The smallest absolute Gasteiger partial charge is 0.242 e. The summed E-state index contributed by atoms with van der Waals surface area (Å²) < 4.78 is -0.191. The lowest BCUT2D eigenvalue weighted by Gasteiger charge is -2.13. The molecule has 0 bridgehead atoms. The molecule has 1 aliphatic heterocycles. The van der Waals surface area contributed by atoms with Crippen molar-refractivity contribution in [1.29, 1.82) is 0 Å². The van der Waals surface area contributed by atoms with E-state index in [1.54, 1.807) is 0 Å². The maximum absolute atomic E-state index is 11.5. The molecule has 1 aliphatic rings. The Morgan fingerprint density at radius 1 is 1.38 bits per heavy atom. The molecule has 90 valence electrons. The topological polar surface area (TPSA) is 54.5 Å². The summed E-state index contributed by atoms with van der Waals surface area (Å²) in [7, 11) is 0. The molecule has 1 rings (SSSR count). The Balaban J connectivity index is 2.20. The predicted octanol–water partition coefficient (Wildman–Crippen LogP) is 1.57. The van der Waals surface area contributed by atoms with Gasteiger partial charge in [-0.3, -0.25) is 19.3 Å². The number of hydrogen-bond donors (Lipinski definition) is 1. The summed E-state index contributed by atoms with van der Waals surface area (Å²) in [5, 5.41) is -0.111. The molecule has 0 aromatic carbocycles. The van der Waals surface area contributed by atoms with Crippen molar-refractivity contribution in [2.45, 2.75) is 36.0 Å². The summed E-state index contributed by atoms with van der Waals surface area (Å²) in [6, 6.07) is 0. The quantitative estimate of drug-likeness (QED) is 0.259. The zero-order valence-electron chi connectivity index (χ0n) is 8.82. The Morgan fingerprint density at radius 3 is 2.56 bits per heavy atom. The Labute approximate surface area is 114 Å². The Bertz CT molecular complexity index is 308. The SMILES string of the molecule is O=C(S)CCCCCN1C(=O)CC(I)C1=O. The number of rotatable bonds is 6. The third-order valence-corrected chi connectivity index (χ3v) is 3.66. The van der Waals surface area contributed by atoms with Gasteiger partial charge in [0.2, 0.25) is 11.8 Å². The minimum Gasteiger partial charge on any atom is -0.288 e. The van der Waals surface area contributed by atoms with Gasteiger partial charge in [0, 0.05) is 19.4 Å². The van der Waals surface area contributed by atoms with Gasteiger partial charge >= 0.3 is 0 Å². The van der Waals surface area contributed by atoms with Crippen molar-refractivity contribution in [2.75, 3.05) is 6.54 Å². The second kappa shape index (κ2) is 6.58. The molecule has 0 aromatic rings. The van der Waals surface area contributed by atoms with E-state index in [1.807, 2.05) is 22.6 Å². The molecule has 1 unspecified atom stereocenters. The molecule has 0 aliphatic carbocycles. The van der Waals surface area contributed by atoms with E-state index in [0.29, 0.717) is 19.4 Å². The van der Waals surface area contributed by atoms with Crippen molar-refractivity contribution < 1.29 is 14.4 Å². The molecule has 1 heterocycles. The molecular formula is C10H14INO3S. The highest BCUT2D eigenvalue weighted by molar-refractivity contribution is 14.1. The van der Waals surface area contributed by atoms with Crippen LogP contribution in [0.15, 0.2) is 0 Å². The Kier molecular flexibility index (Phi) is 5.74. The third kappa shape index (κ3) is 4.04. The van der Waals surface area contributed by atoms with Gasteiger partial charge in [-0.25, -0.2) is 0 Å². The number of amides is 2. The lowest BCUT2D eigenvalue weighted by atomic mass is 10.2. The van der Waals surface area contributed by atoms with E-state index in [4.69, 9.17) is 0 Å². The number of likely N-dealkylation sites (tertiary alicyclic amines) is 1. The number of halogens is 1. The van der Waals surface area contributed by atoms with Gasteiger partial charge < -0.3 is 0 Å². The molecular weight excluding hydrogens is 341 g/mol. The lowest BCUT2D eigenvalue weighted by molar-refractivity contribution is -0.138. The molecule has 1 fully saturated rings. The molecule has 0 spiro atoms. The first-order chi connectivity index (χ1) is 7.52. The highest BCUT2D eigenvalue weighted by Gasteiger charge is 2.35. The van der Waals surface area contributed by atoms with Gasteiger partial charge in [-0.2, -0.15) is 0 Å². The fourth-order valence-electron chi connectivity index (χ4n) is 1.60. The second-order valence-electron chi connectivity index (χ2n) is 3.76. The van der Waals surface area contributed by atoms with Crippen LogP contribution in [0.5, 0.6) is 0 Å². The number of imide groups is 1. The van der Waals surface area contributed by atoms with Crippen LogP contribution in [-0.4, -0.2) is 32.3 Å².